The van der Waals surface area contributed by atoms with Crippen molar-refractivity contribution >= 4 is 28.9 Å². The van der Waals surface area contributed by atoms with E-state index >= 15 is 0 Å². The summed E-state index contributed by atoms with van der Waals surface area (Å²) in [7, 11) is 1.71. The highest BCUT2D eigenvalue weighted by atomic mass is 35.5. The van der Waals surface area contributed by atoms with Crippen LogP contribution < -0.4 is 15.2 Å². The van der Waals surface area contributed by atoms with E-state index in [1.807, 2.05) is 31.2 Å². The van der Waals surface area contributed by atoms with Crippen LogP contribution in [-0.4, -0.2) is 46.8 Å². The van der Waals surface area contributed by atoms with Crippen LogP contribution in [0, 0.1) is 0 Å². The number of ether oxygens (including phenoxy) is 1. The number of rotatable bonds is 5. The van der Waals surface area contributed by atoms with Gasteiger partial charge in [-0.2, -0.15) is 0 Å². The van der Waals surface area contributed by atoms with Crippen molar-refractivity contribution in [2.75, 3.05) is 31.1 Å². The Kier molecular flexibility index (Phi) is 6.89. The summed E-state index contributed by atoms with van der Waals surface area (Å²) in [4.78, 5) is 17.4. The zero-order chi connectivity index (χ0) is 24.6. The van der Waals surface area contributed by atoms with Crippen molar-refractivity contribution in [1.29, 1.82) is 0 Å². The molecule has 1 aromatic heterocycles. The molecule has 182 valence electrons. The average Bonchev–Trinajstić information content (AvgIpc) is 3.01. The first-order valence-corrected chi connectivity index (χ1v) is 11.4. The van der Waals surface area contributed by atoms with Crippen LogP contribution >= 0.6 is 23.2 Å². The summed E-state index contributed by atoms with van der Waals surface area (Å²) in [6, 6.07) is 12.7. The third kappa shape index (κ3) is 5.06. The Labute approximate surface area is 204 Å². The van der Waals surface area contributed by atoms with Crippen LogP contribution in [0.4, 0.5) is 18.9 Å². The summed E-state index contributed by atoms with van der Waals surface area (Å²) in [5.41, 5.74) is 1.65. The summed E-state index contributed by atoms with van der Waals surface area (Å²) in [6.07, 6.45) is -4.79. The molecule has 2 aromatic carbocycles. The maximum absolute atomic E-state index is 12.9. The molecule has 34 heavy (non-hydrogen) atoms. The maximum atomic E-state index is 12.9. The van der Waals surface area contributed by atoms with E-state index in [2.05, 4.69) is 14.5 Å². The molecule has 1 unspecified atom stereocenters. The smallest absolute Gasteiger partial charge is 0.406 e. The highest BCUT2D eigenvalue weighted by Crippen LogP contribution is 2.30. The van der Waals surface area contributed by atoms with Crippen molar-refractivity contribution in [3.8, 4) is 11.4 Å². The Bertz CT molecular complexity index is 1220. The lowest BCUT2D eigenvalue weighted by molar-refractivity contribution is -0.274. The molecule has 0 bridgehead atoms. The molecular weight excluding hydrogens is 492 g/mol. The lowest BCUT2D eigenvalue weighted by Crippen LogP contribution is -2.47. The molecule has 11 heteroatoms. The number of benzene rings is 2. The van der Waals surface area contributed by atoms with Crippen molar-refractivity contribution in [3.63, 3.8) is 0 Å². The molecule has 0 saturated carbocycles. The van der Waals surface area contributed by atoms with Crippen LogP contribution in [0.1, 0.15) is 18.7 Å². The third-order valence-corrected chi connectivity index (χ3v) is 6.59. The summed E-state index contributed by atoms with van der Waals surface area (Å²) in [5.74, 6) is -0.365. The van der Waals surface area contributed by atoms with Gasteiger partial charge < -0.3 is 9.64 Å². The molecule has 2 heterocycles. The van der Waals surface area contributed by atoms with Crippen molar-refractivity contribution in [1.82, 2.24) is 14.3 Å². The molecule has 1 saturated heterocycles. The standard InChI is InChI=1S/C23H23Cl2F3N4O2/c1-15(30-10-12-31(13-11-30)18-5-3-4-16(24)14-18)21-20(25)22(33)32(29(21)2)17-6-8-19(9-7-17)34-23(26,27)28/h3-9,14-15H,10-13H2,1-2H3. The Morgan fingerprint density at radius 2 is 1.62 bits per heavy atom. The van der Waals surface area contributed by atoms with E-state index in [0.29, 0.717) is 16.4 Å². The van der Waals surface area contributed by atoms with E-state index in [-0.39, 0.29) is 16.8 Å². The molecule has 0 spiro atoms. The first kappa shape index (κ1) is 24.5. The van der Waals surface area contributed by atoms with Gasteiger partial charge >= 0.3 is 6.36 Å². The molecule has 1 atom stereocenters. The Balaban J connectivity index is 1.53. The van der Waals surface area contributed by atoms with Gasteiger partial charge in [0.1, 0.15) is 10.8 Å². The molecule has 4 rings (SSSR count). The quantitative estimate of drug-likeness (QED) is 0.465. The zero-order valence-corrected chi connectivity index (χ0v) is 20.0. The molecule has 1 aliphatic rings. The van der Waals surface area contributed by atoms with Crippen molar-refractivity contribution in [2.45, 2.75) is 19.3 Å². The van der Waals surface area contributed by atoms with Crippen LogP contribution in [0.25, 0.3) is 5.69 Å². The van der Waals surface area contributed by atoms with Gasteiger partial charge in [-0.15, -0.1) is 13.2 Å². The molecule has 0 N–H and O–H groups in total. The Morgan fingerprint density at radius 3 is 2.21 bits per heavy atom. The van der Waals surface area contributed by atoms with Crippen LogP contribution in [-0.2, 0) is 7.05 Å². The first-order chi connectivity index (χ1) is 16.0. The van der Waals surface area contributed by atoms with E-state index < -0.39 is 11.9 Å². The van der Waals surface area contributed by atoms with E-state index in [1.54, 1.807) is 11.7 Å². The highest BCUT2D eigenvalue weighted by molar-refractivity contribution is 6.31. The second-order valence-corrected chi connectivity index (χ2v) is 8.87. The molecule has 1 fully saturated rings. The maximum Gasteiger partial charge on any atom is 0.573 e. The SMILES string of the molecule is CC(c1c(Cl)c(=O)n(-c2ccc(OC(F)(F)F)cc2)n1C)N1CCN(c2cccc(Cl)c2)CC1. The highest BCUT2D eigenvalue weighted by Gasteiger charge is 2.31. The van der Waals surface area contributed by atoms with Gasteiger partial charge in [0.25, 0.3) is 5.56 Å². The third-order valence-electron chi connectivity index (χ3n) is 6.00. The fourth-order valence-corrected chi connectivity index (χ4v) is 4.88. The van der Waals surface area contributed by atoms with Gasteiger partial charge in [0.2, 0.25) is 0 Å². The summed E-state index contributed by atoms with van der Waals surface area (Å²) >= 11 is 12.6. The largest absolute Gasteiger partial charge is 0.573 e. The second-order valence-electron chi connectivity index (χ2n) is 8.06. The van der Waals surface area contributed by atoms with Gasteiger partial charge in [0.05, 0.1) is 17.4 Å². The lowest BCUT2D eigenvalue weighted by atomic mass is 10.1. The van der Waals surface area contributed by atoms with Crippen molar-refractivity contribution in [2.24, 2.45) is 7.05 Å². The fraction of sp³-hybridized carbons (Fsp3) is 0.348. The topological polar surface area (TPSA) is 42.6 Å². The second kappa shape index (κ2) is 9.56. The van der Waals surface area contributed by atoms with E-state index in [9.17, 15) is 18.0 Å². The molecule has 6 nitrogen and oxygen atoms in total. The van der Waals surface area contributed by atoms with Crippen molar-refractivity contribution in [3.05, 3.63) is 74.6 Å². The number of halogens is 5. The number of nitrogens with zero attached hydrogens (tertiary/aromatic N) is 4. The molecule has 1 aliphatic heterocycles. The van der Waals surface area contributed by atoms with Gasteiger partial charge in [-0.25, -0.2) is 4.68 Å². The summed E-state index contributed by atoms with van der Waals surface area (Å²) in [5, 5.41) is 0.775. The van der Waals surface area contributed by atoms with Crippen LogP contribution in [0.3, 0.4) is 0 Å². The molecule has 0 amide bonds. The first-order valence-electron chi connectivity index (χ1n) is 10.6. The number of piperazine rings is 1. The predicted molar refractivity (Wildman–Crippen MR) is 126 cm³/mol. The van der Waals surface area contributed by atoms with E-state index in [1.165, 1.54) is 16.8 Å². The molecule has 0 aliphatic carbocycles. The van der Waals surface area contributed by atoms with Gasteiger partial charge in [0, 0.05) is 43.9 Å². The monoisotopic (exact) mass is 514 g/mol. The Morgan fingerprint density at radius 1 is 0.971 bits per heavy atom. The molecular formula is C23H23Cl2F3N4O2. The number of hydrogen-bond donors (Lipinski definition) is 0. The minimum atomic E-state index is -4.79. The molecule has 0 radical (unpaired) electrons. The van der Waals surface area contributed by atoms with Crippen LogP contribution in [0.2, 0.25) is 10.0 Å². The average molecular weight is 515 g/mol. The zero-order valence-electron chi connectivity index (χ0n) is 18.5. The number of anilines is 1. The number of hydrogen-bond acceptors (Lipinski definition) is 4. The van der Waals surface area contributed by atoms with Gasteiger partial charge in [-0.3, -0.25) is 14.4 Å². The predicted octanol–water partition coefficient (Wildman–Crippen LogP) is 5.26. The van der Waals surface area contributed by atoms with E-state index in [0.717, 1.165) is 44.0 Å². The van der Waals surface area contributed by atoms with Crippen LogP contribution in [0.15, 0.2) is 53.3 Å². The van der Waals surface area contributed by atoms with E-state index in [4.69, 9.17) is 23.2 Å². The number of aromatic nitrogens is 2. The van der Waals surface area contributed by atoms with Crippen molar-refractivity contribution < 1.29 is 17.9 Å². The fourth-order valence-electron chi connectivity index (χ4n) is 4.34. The minimum Gasteiger partial charge on any atom is -0.406 e. The van der Waals surface area contributed by atoms with Crippen LogP contribution in [0.5, 0.6) is 5.75 Å². The van der Waals surface area contributed by atoms with Gasteiger partial charge in [0.15, 0.2) is 0 Å². The summed E-state index contributed by atoms with van der Waals surface area (Å²) < 4.78 is 44.2. The Hall–Kier alpha value is -2.62. The lowest BCUT2D eigenvalue weighted by Gasteiger charge is -2.39. The minimum absolute atomic E-state index is 0.0860. The normalized spacial score (nSPS) is 16.0. The number of alkyl halides is 3. The van der Waals surface area contributed by atoms with Gasteiger partial charge in [-0.1, -0.05) is 29.3 Å². The molecule has 3 aromatic rings. The summed E-state index contributed by atoms with van der Waals surface area (Å²) in [6.45, 7) is 5.08. The van der Waals surface area contributed by atoms with Gasteiger partial charge in [-0.05, 0) is 49.4 Å².